The Labute approximate surface area is 158 Å². The summed E-state index contributed by atoms with van der Waals surface area (Å²) in [5.74, 6) is -0.212. The number of anilines is 3. The molecule has 0 aliphatic heterocycles. The summed E-state index contributed by atoms with van der Waals surface area (Å²) in [4.78, 5) is 16.6. The number of nitrogens with one attached hydrogen (secondary N) is 2. The van der Waals surface area contributed by atoms with Crippen molar-refractivity contribution in [1.82, 2.24) is 4.98 Å². The summed E-state index contributed by atoms with van der Waals surface area (Å²) in [7, 11) is 0. The average Bonchev–Trinajstić information content (AvgIpc) is 2.62. The first-order chi connectivity index (χ1) is 12.8. The number of rotatable bonds is 4. The summed E-state index contributed by atoms with van der Waals surface area (Å²) in [5, 5.41) is 6.04. The summed E-state index contributed by atoms with van der Waals surface area (Å²) in [6, 6.07) is 14.3. The van der Waals surface area contributed by atoms with E-state index in [1.165, 1.54) is 18.3 Å². The highest BCUT2D eigenvalue weighted by atomic mass is 35.5. The monoisotopic (exact) mass is 391 g/mol. The van der Waals surface area contributed by atoms with Gasteiger partial charge in [-0.1, -0.05) is 17.7 Å². The van der Waals surface area contributed by atoms with Crippen LogP contribution in [0.15, 0.2) is 66.9 Å². The standard InChI is InChI=1S/C19H13ClF3N3O/c20-13-3-1-4-15(11-13)26-18(27)16-5-2-10-24-17(16)25-14-8-6-12(7-9-14)19(21,22)23/h1-11H,(H,24,25)(H,26,27). The topological polar surface area (TPSA) is 54.0 Å². The van der Waals surface area contributed by atoms with Crippen LogP contribution in [0.2, 0.25) is 5.02 Å². The number of alkyl halides is 3. The van der Waals surface area contributed by atoms with Crippen LogP contribution in [-0.2, 0) is 6.18 Å². The van der Waals surface area contributed by atoms with Gasteiger partial charge in [-0.15, -0.1) is 0 Å². The first-order valence-electron chi connectivity index (χ1n) is 7.79. The second-order valence-electron chi connectivity index (χ2n) is 5.56. The van der Waals surface area contributed by atoms with Crippen molar-refractivity contribution in [3.05, 3.63) is 83.0 Å². The average molecular weight is 392 g/mol. The van der Waals surface area contributed by atoms with Crippen molar-refractivity contribution in [3.63, 3.8) is 0 Å². The molecule has 0 aliphatic carbocycles. The molecule has 0 aliphatic rings. The second-order valence-corrected chi connectivity index (χ2v) is 6.00. The van der Waals surface area contributed by atoms with E-state index in [-0.39, 0.29) is 11.4 Å². The van der Waals surface area contributed by atoms with Gasteiger partial charge >= 0.3 is 6.18 Å². The van der Waals surface area contributed by atoms with E-state index < -0.39 is 17.6 Å². The Hall–Kier alpha value is -3.06. The van der Waals surface area contributed by atoms with Gasteiger partial charge in [0.15, 0.2) is 0 Å². The number of amides is 1. The van der Waals surface area contributed by atoms with Crippen molar-refractivity contribution < 1.29 is 18.0 Å². The second kappa shape index (κ2) is 7.67. The molecule has 0 radical (unpaired) electrons. The SMILES string of the molecule is O=C(Nc1cccc(Cl)c1)c1cccnc1Nc1ccc(C(F)(F)F)cc1. The Morgan fingerprint density at radius 2 is 1.70 bits per heavy atom. The van der Waals surface area contributed by atoms with E-state index in [2.05, 4.69) is 15.6 Å². The van der Waals surface area contributed by atoms with Gasteiger partial charge in [-0.05, 0) is 54.6 Å². The van der Waals surface area contributed by atoms with Gasteiger partial charge in [0.2, 0.25) is 0 Å². The minimum atomic E-state index is -4.41. The summed E-state index contributed by atoms with van der Waals surface area (Å²) >= 11 is 5.90. The molecule has 1 heterocycles. The van der Waals surface area contributed by atoms with E-state index in [1.807, 2.05) is 0 Å². The fourth-order valence-corrected chi connectivity index (χ4v) is 2.52. The molecule has 4 nitrogen and oxygen atoms in total. The summed E-state index contributed by atoms with van der Waals surface area (Å²) in [6.07, 6.45) is -2.94. The molecular formula is C19H13ClF3N3O. The van der Waals surface area contributed by atoms with Crippen molar-refractivity contribution in [2.24, 2.45) is 0 Å². The Kier molecular flexibility index (Phi) is 5.32. The third kappa shape index (κ3) is 4.77. The highest BCUT2D eigenvalue weighted by molar-refractivity contribution is 6.31. The predicted octanol–water partition coefficient (Wildman–Crippen LogP) is 5.75. The van der Waals surface area contributed by atoms with Gasteiger partial charge in [0, 0.05) is 22.6 Å². The molecule has 3 rings (SSSR count). The van der Waals surface area contributed by atoms with E-state index >= 15 is 0 Å². The van der Waals surface area contributed by atoms with Gasteiger partial charge in [-0.25, -0.2) is 4.98 Å². The molecule has 0 bridgehead atoms. The molecule has 1 aromatic heterocycles. The summed E-state index contributed by atoms with van der Waals surface area (Å²) in [6.45, 7) is 0. The molecule has 0 saturated carbocycles. The van der Waals surface area contributed by atoms with Crippen LogP contribution >= 0.6 is 11.6 Å². The lowest BCUT2D eigenvalue weighted by Gasteiger charge is -2.12. The molecule has 0 spiro atoms. The normalized spacial score (nSPS) is 11.1. The van der Waals surface area contributed by atoms with Gasteiger partial charge in [0.25, 0.3) is 5.91 Å². The maximum atomic E-state index is 12.7. The van der Waals surface area contributed by atoms with Crippen LogP contribution in [0.5, 0.6) is 0 Å². The predicted molar refractivity (Wildman–Crippen MR) is 98.4 cm³/mol. The van der Waals surface area contributed by atoms with Crippen LogP contribution < -0.4 is 10.6 Å². The number of nitrogens with zero attached hydrogens (tertiary/aromatic N) is 1. The third-order valence-electron chi connectivity index (χ3n) is 3.61. The van der Waals surface area contributed by atoms with Crippen molar-refractivity contribution in [1.29, 1.82) is 0 Å². The van der Waals surface area contributed by atoms with Gasteiger partial charge in [-0.2, -0.15) is 13.2 Å². The Morgan fingerprint density at radius 3 is 2.37 bits per heavy atom. The van der Waals surface area contributed by atoms with E-state index in [0.717, 1.165) is 12.1 Å². The lowest BCUT2D eigenvalue weighted by atomic mass is 10.2. The van der Waals surface area contributed by atoms with Crippen molar-refractivity contribution in [2.45, 2.75) is 6.18 Å². The highest BCUT2D eigenvalue weighted by Crippen LogP contribution is 2.30. The van der Waals surface area contributed by atoms with Crippen LogP contribution in [0, 0.1) is 0 Å². The van der Waals surface area contributed by atoms with E-state index in [4.69, 9.17) is 11.6 Å². The Balaban J connectivity index is 1.80. The van der Waals surface area contributed by atoms with Crippen molar-refractivity contribution >= 4 is 34.7 Å². The number of carbonyl (C=O) groups excluding carboxylic acids is 1. The fraction of sp³-hybridized carbons (Fsp3) is 0.0526. The maximum absolute atomic E-state index is 12.7. The molecule has 138 valence electrons. The van der Waals surface area contributed by atoms with E-state index in [1.54, 1.807) is 36.4 Å². The van der Waals surface area contributed by atoms with Crippen molar-refractivity contribution in [3.8, 4) is 0 Å². The largest absolute Gasteiger partial charge is 0.416 e. The van der Waals surface area contributed by atoms with E-state index in [0.29, 0.717) is 16.4 Å². The number of halogens is 4. The molecule has 27 heavy (non-hydrogen) atoms. The fourth-order valence-electron chi connectivity index (χ4n) is 2.33. The van der Waals surface area contributed by atoms with Gasteiger partial charge in [-0.3, -0.25) is 4.79 Å². The number of aromatic nitrogens is 1. The van der Waals surface area contributed by atoms with Gasteiger partial charge < -0.3 is 10.6 Å². The number of pyridine rings is 1. The maximum Gasteiger partial charge on any atom is 0.416 e. The number of benzene rings is 2. The zero-order valence-corrected chi connectivity index (χ0v) is 14.5. The first kappa shape index (κ1) is 18.7. The number of carbonyl (C=O) groups is 1. The van der Waals surface area contributed by atoms with Crippen LogP contribution in [0.25, 0.3) is 0 Å². The molecule has 0 saturated heterocycles. The zero-order valence-electron chi connectivity index (χ0n) is 13.7. The van der Waals surface area contributed by atoms with Crippen LogP contribution in [0.4, 0.5) is 30.4 Å². The number of hydrogen-bond donors (Lipinski definition) is 2. The first-order valence-corrected chi connectivity index (χ1v) is 8.17. The minimum absolute atomic E-state index is 0.219. The molecular weight excluding hydrogens is 379 g/mol. The molecule has 0 unspecified atom stereocenters. The molecule has 2 N–H and O–H groups in total. The lowest BCUT2D eigenvalue weighted by molar-refractivity contribution is -0.137. The van der Waals surface area contributed by atoms with Gasteiger partial charge in [0.05, 0.1) is 11.1 Å². The molecule has 2 aromatic carbocycles. The lowest BCUT2D eigenvalue weighted by Crippen LogP contribution is -2.14. The van der Waals surface area contributed by atoms with Crippen LogP contribution in [0.3, 0.4) is 0 Å². The molecule has 1 amide bonds. The molecule has 0 atom stereocenters. The van der Waals surface area contributed by atoms with Crippen molar-refractivity contribution in [2.75, 3.05) is 10.6 Å². The highest BCUT2D eigenvalue weighted by Gasteiger charge is 2.30. The van der Waals surface area contributed by atoms with Crippen LogP contribution in [-0.4, -0.2) is 10.9 Å². The molecule has 8 heteroatoms. The third-order valence-corrected chi connectivity index (χ3v) is 3.84. The van der Waals surface area contributed by atoms with Gasteiger partial charge in [0.1, 0.15) is 5.82 Å². The van der Waals surface area contributed by atoms with Crippen LogP contribution in [0.1, 0.15) is 15.9 Å². The van der Waals surface area contributed by atoms with E-state index in [9.17, 15) is 18.0 Å². The zero-order chi connectivity index (χ0) is 19.4. The summed E-state index contributed by atoms with van der Waals surface area (Å²) < 4.78 is 38.0. The Bertz CT molecular complexity index is 959. The smallest absolute Gasteiger partial charge is 0.340 e. The quantitative estimate of drug-likeness (QED) is 0.595. The molecule has 0 fully saturated rings. The molecule has 3 aromatic rings. The minimum Gasteiger partial charge on any atom is -0.340 e. The number of hydrogen-bond acceptors (Lipinski definition) is 3. The Morgan fingerprint density at radius 1 is 0.963 bits per heavy atom. The summed E-state index contributed by atoms with van der Waals surface area (Å²) in [5.41, 5.74) is 0.362.